The van der Waals surface area contributed by atoms with Crippen LogP contribution in [0.1, 0.15) is 46.5 Å². The van der Waals surface area contributed by atoms with Gasteiger partial charge in [-0.05, 0) is 33.1 Å². The zero-order valence-electron chi connectivity index (χ0n) is 9.18. The smallest absolute Gasteiger partial charge is 0.0643 e. The van der Waals surface area contributed by atoms with Gasteiger partial charge in [-0.3, -0.25) is 0 Å². The van der Waals surface area contributed by atoms with Crippen molar-refractivity contribution < 1.29 is 4.74 Å². The Balaban J connectivity index is 2.55. The van der Waals surface area contributed by atoms with Crippen LogP contribution in [-0.4, -0.2) is 12.2 Å². The molecule has 76 valence electrons. The molecule has 0 bridgehead atoms. The lowest BCUT2D eigenvalue weighted by molar-refractivity contribution is -0.0684. The summed E-state index contributed by atoms with van der Waals surface area (Å²) in [6, 6.07) is 0. The third kappa shape index (κ3) is 2.84. The summed E-state index contributed by atoms with van der Waals surface area (Å²) >= 11 is 0. The van der Waals surface area contributed by atoms with Crippen molar-refractivity contribution in [1.82, 2.24) is 0 Å². The maximum absolute atomic E-state index is 5.94. The van der Waals surface area contributed by atoms with E-state index in [0.29, 0.717) is 18.1 Å². The lowest BCUT2D eigenvalue weighted by atomic mass is 9.85. The number of hydrogen-bond donors (Lipinski definition) is 0. The quantitative estimate of drug-likeness (QED) is 0.606. The van der Waals surface area contributed by atoms with E-state index in [1.54, 1.807) is 0 Å². The van der Waals surface area contributed by atoms with Gasteiger partial charge in [0.2, 0.25) is 0 Å². The largest absolute Gasteiger partial charge is 0.375 e. The highest BCUT2D eigenvalue weighted by atomic mass is 16.5. The molecular weight excluding hydrogens is 160 g/mol. The summed E-state index contributed by atoms with van der Waals surface area (Å²) in [5.74, 6) is 0.608. The first kappa shape index (κ1) is 10.8. The van der Waals surface area contributed by atoms with Crippen molar-refractivity contribution >= 4 is 0 Å². The molecule has 0 aliphatic carbocycles. The molecule has 1 saturated heterocycles. The monoisotopic (exact) mass is 182 g/mol. The van der Waals surface area contributed by atoms with Crippen LogP contribution in [0.4, 0.5) is 0 Å². The van der Waals surface area contributed by atoms with Gasteiger partial charge in [-0.2, -0.15) is 0 Å². The average molecular weight is 182 g/mol. The molecule has 0 saturated carbocycles. The minimum absolute atomic E-state index is 0.436. The number of ether oxygens (including phenoxy) is 1. The average Bonchev–Trinajstić information content (AvgIpc) is 2.04. The predicted octanol–water partition coefficient (Wildman–Crippen LogP) is 3.55. The summed E-state index contributed by atoms with van der Waals surface area (Å²) in [4.78, 5) is 0. The van der Waals surface area contributed by atoms with Crippen LogP contribution in [0.5, 0.6) is 0 Å². The summed E-state index contributed by atoms with van der Waals surface area (Å²) < 4.78 is 5.94. The molecule has 1 aliphatic heterocycles. The molecule has 1 heterocycles. The van der Waals surface area contributed by atoms with Crippen LogP contribution in [0.25, 0.3) is 0 Å². The van der Waals surface area contributed by atoms with Crippen LogP contribution in [0, 0.1) is 5.92 Å². The second kappa shape index (κ2) is 4.80. The van der Waals surface area contributed by atoms with Crippen molar-refractivity contribution in [3.05, 3.63) is 12.2 Å². The fourth-order valence-corrected chi connectivity index (χ4v) is 2.18. The van der Waals surface area contributed by atoms with E-state index in [-0.39, 0.29) is 0 Å². The van der Waals surface area contributed by atoms with Crippen LogP contribution < -0.4 is 0 Å². The van der Waals surface area contributed by atoms with Crippen LogP contribution in [0.3, 0.4) is 0 Å². The first-order chi connectivity index (χ1) is 6.15. The van der Waals surface area contributed by atoms with Gasteiger partial charge in [0.1, 0.15) is 0 Å². The fraction of sp³-hybridized carbons (Fsp3) is 0.833. The van der Waals surface area contributed by atoms with E-state index in [2.05, 4.69) is 27.4 Å². The second-order valence-electron chi connectivity index (χ2n) is 4.30. The molecule has 1 rings (SSSR count). The third-order valence-electron chi connectivity index (χ3n) is 2.95. The first-order valence-electron chi connectivity index (χ1n) is 5.46. The van der Waals surface area contributed by atoms with E-state index in [9.17, 15) is 0 Å². The molecule has 1 heteroatoms. The van der Waals surface area contributed by atoms with Crippen molar-refractivity contribution in [3.8, 4) is 0 Å². The van der Waals surface area contributed by atoms with Gasteiger partial charge >= 0.3 is 0 Å². The van der Waals surface area contributed by atoms with E-state index < -0.39 is 0 Å². The topological polar surface area (TPSA) is 9.23 Å². The number of hydrogen-bond acceptors (Lipinski definition) is 1. The Bertz CT molecular complexity index is 174. The van der Waals surface area contributed by atoms with Crippen LogP contribution >= 0.6 is 0 Å². The van der Waals surface area contributed by atoms with E-state index >= 15 is 0 Å². The van der Waals surface area contributed by atoms with Crippen molar-refractivity contribution in [2.75, 3.05) is 0 Å². The lowest BCUT2D eigenvalue weighted by Crippen LogP contribution is -2.34. The highest BCUT2D eigenvalue weighted by Gasteiger charge is 2.28. The van der Waals surface area contributed by atoms with E-state index in [4.69, 9.17) is 4.74 Å². The molecule has 0 spiro atoms. The number of rotatable bonds is 3. The predicted molar refractivity (Wildman–Crippen MR) is 56.8 cm³/mol. The molecule has 0 radical (unpaired) electrons. The summed E-state index contributed by atoms with van der Waals surface area (Å²) in [7, 11) is 0. The van der Waals surface area contributed by atoms with Crippen molar-refractivity contribution in [2.24, 2.45) is 5.92 Å². The molecule has 1 fully saturated rings. The Morgan fingerprint density at radius 3 is 2.69 bits per heavy atom. The molecule has 1 nitrogen and oxygen atoms in total. The molecule has 3 atom stereocenters. The minimum Gasteiger partial charge on any atom is -0.375 e. The van der Waals surface area contributed by atoms with Gasteiger partial charge in [0.05, 0.1) is 12.2 Å². The maximum Gasteiger partial charge on any atom is 0.0643 e. The van der Waals surface area contributed by atoms with Gasteiger partial charge in [0, 0.05) is 5.92 Å². The lowest BCUT2D eigenvalue weighted by Gasteiger charge is -2.35. The van der Waals surface area contributed by atoms with Crippen LogP contribution in [0.2, 0.25) is 0 Å². The van der Waals surface area contributed by atoms with Gasteiger partial charge in [0.15, 0.2) is 0 Å². The standard InChI is InChI=1S/C12H22O/c1-5-6-12-11(9(2)3)8-7-10(4)13-12/h10-12H,2,5-8H2,1,3-4H3. The summed E-state index contributed by atoms with van der Waals surface area (Å²) in [5.41, 5.74) is 1.30. The Hall–Kier alpha value is -0.300. The van der Waals surface area contributed by atoms with Gasteiger partial charge in [-0.15, -0.1) is 0 Å². The van der Waals surface area contributed by atoms with Crippen LogP contribution in [0.15, 0.2) is 12.2 Å². The molecule has 1 aliphatic rings. The normalized spacial score (nSPS) is 34.5. The second-order valence-corrected chi connectivity index (χ2v) is 4.30. The van der Waals surface area contributed by atoms with E-state index in [1.165, 1.54) is 31.3 Å². The highest BCUT2D eigenvalue weighted by molar-refractivity contribution is 5.01. The van der Waals surface area contributed by atoms with Gasteiger partial charge in [-0.1, -0.05) is 25.5 Å². The molecule has 0 N–H and O–H groups in total. The van der Waals surface area contributed by atoms with Crippen molar-refractivity contribution in [2.45, 2.75) is 58.7 Å². The third-order valence-corrected chi connectivity index (χ3v) is 2.95. The van der Waals surface area contributed by atoms with Crippen LogP contribution in [-0.2, 0) is 4.74 Å². The zero-order valence-corrected chi connectivity index (χ0v) is 9.18. The summed E-state index contributed by atoms with van der Waals surface area (Å²) in [6.45, 7) is 10.6. The molecular formula is C12H22O. The molecule has 0 aromatic rings. The molecule has 0 amide bonds. The Labute approximate surface area is 82.2 Å². The first-order valence-corrected chi connectivity index (χ1v) is 5.46. The Morgan fingerprint density at radius 1 is 1.46 bits per heavy atom. The highest BCUT2D eigenvalue weighted by Crippen LogP contribution is 2.31. The molecule has 0 aromatic carbocycles. The Morgan fingerprint density at radius 2 is 2.15 bits per heavy atom. The molecule has 13 heavy (non-hydrogen) atoms. The van der Waals surface area contributed by atoms with E-state index in [0.717, 1.165) is 0 Å². The SMILES string of the molecule is C=C(C)C1CCC(C)OC1CCC. The molecule has 0 aromatic heterocycles. The fourth-order valence-electron chi connectivity index (χ4n) is 2.18. The molecule has 3 unspecified atom stereocenters. The van der Waals surface area contributed by atoms with Crippen molar-refractivity contribution in [1.29, 1.82) is 0 Å². The van der Waals surface area contributed by atoms with Gasteiger partial charge in [0.25, 0.3) is 0 Å². The maximum atomic E-state index is 5.94. The summed E-state index contributed by atoms with van der Waals surface area (Å²) in [6.07, 6.45) is 5.74. The summed E-state index contributed by atoms with van der Waals surface area (Å²) in [5, 5.41) is 0. The van der Waals surface area contributed by atoms with E-state index in [1.807, 2.05) is 0 Å². The minimum atomic E-state index is 0.436. The van der Waals surface area contributed by atoms with Gasteiger partial charge < -0.3 is 4.74 Å². The van der Waals surface area contributed by atoms with Gasteiger partial charge in [-0.25, -0.2) is 0 Å². The van der Waals surface area contributed by atoms with Crippen molar-refractivity contribution in [3.63, 3.8) is 0 Å². The zero-order chi connectivity index (χ0) is 9.84. The Kier molecular flexibility index (Phi) is 3.98.